The van der Waals surface area contributed by atoms with Crippen LogP contribution >= 0.6 is 0 Å². The SMILES string of the molecule is Cn1cnc(S(=O)(=O)N(CCNc2ccc(C#N)nc2)CC2CCN(c3ncccn3)CC2)c1. The maximum Gasteiger partial charge on any atom is 0.262 e. The summed E-state index contributed by atoms with van der Waals surface area (Å²) in [6.45, 7) is 2.65. The van der Waals surface area contributed by atoms with E-state index in [-0.39, 0.29) is 17.5 Å². The molecule has 4 heterocycles. The van der Waals surface area contributed by atoms with Gasteiger partial charge < -0.3 is 14.8 Å². The highest BCUT2D eigenvalue weighted by Gasteiger charge is 2.30. The highest BCUT2D eigenvalue weighted by atomic mass is 32.2. The number of nitrogens with zero attached hydrogens (tertiary/aromatic N) is 8. The molecule has 34 heavy (non-hydrogen) atoms. The van der Waals surface area contributed by atoms with Crippen molar-refractivity contribution in [3.63, 3.8) is 0 Å². The van der Waals surface area contributed by atoms with E-state index in [4.69, 9.17) is 5.26 Å². The predicted molar refractivity (Wildman–Crippen MR) is 126 cm³/mol. The smallest absolute Gasteiger partial charge is 0.262 e. The summed E-state index contributed by atoms with van der Waals surface area (Å²) in [5.41, 5.74) is 1.06. The van der Waals surface area contributed by atoms with Gasteiger partial charge in [0, 0.05) is 58.4 Å². The van der Waals surface area contributed by atoms with Gasteiger partial charge in [0.25, 0.3) is 10.0 Å². The summed E-state index contributed by atoms with van der Waals surface area (Å²) >= 11 is 0. The molecule has 1 fully saturated rings. The Hall–Kier alpha value is -3.56. The van der Waals surface area contributed by atoms with Crippen LogP contribution in [0.5, 0.6) is 0 Å². The molecule has 3 aromatic heterocycles. The topological polar surface area (TPSA) is 133 Å². The van der Waals surface area contributed by atoms with E-state index in [1.807, 2.05) is 6.07 Å². The van der Waals surface area contributed by atoms with Crippen LogP contribution in [-0.4, -0.2) is 69.9 Å². The van der Waals surface area contributed by atoms with Crippen molar-refractivity contribution in [3.8, 4) is 6.07 Å². The largest absolute Gasteiger partial charge is 0.382 e. The molecule has 1 aliphatic heterocycles. The summed E-state index contributed by atoms with van der Waals surface area (Å²) in [6, 6.07) is 7.15. The molecule has 11 nitrogen and oxygen atoms in total. The lowest BCUT2D eigenvalue weighted by molar-refractivity contribution is 0.304. The lowest BCUT2D eigenvalue weighted by Crippen LogP contribution is -2.43. The van der Waals surface area contributed by atoms with Gasteiger partial charge in [-0.05, 0) is 37.0 Å². The van der Waals surface area contributed by atoms with E-state index in [0.717, 1.165) is 31.6 Å². The van der Waals surface area contributed by atoms with E-state index in [9.17, 15) is 8.42 Å². The number of aryl methyl sites for hydroxylation is 1. The number of nitrogens with one attached hydrogen (secondary N) is 1. The zero-order valence-electron chi connectivity index (χ0n) is 18.9. The van der Waals surface area contributed by atoms with Crippen LogP contribution < -0.4 is 10.2 Å². The number of piperidine rings is 1. The summed E-state index contributed by atoms with van der Waals surface area (Å²) in [7, 11) is -2.00. The summed E-state index contributed by atoms with van der Waals surface area (Å²) in [5.74, 6) is 0.925. The Morgan fingerprint density at radius 3 is 2.56 bits per heavy atom. The van der Waals surface area contributed by atoms with Crippen LogP contribution in [0.25, 0.3) is 0 Å². The number of hydrogen-bond donors (Lipinski definition) is 1. The molecule has 1 aliphatic rings. The molecule has 0 unspecified atom stereocenters. The summed E-state index contributed by atoms with van der Waals surface area (Å²) in [4.78, 5) is 18.9. The number of hydrogen-bond acceptors (Lipinski definition) is 9. The van der Waals surface area contributed by atoms with Crippen molar-refractivity contribution in [2.75, 3.05) is 42.9 Å². The van der Waals surface area contributed by atoms with Crippen molar-refractivity contribution in [1.29, 1.82) is 5.26 Å². The minimum atomic E-state index is -3.75. The normalized spacial score (nSPS) is 14.8. The number of anilines is 2. The van der Waals surface area contributed by atoms with E-state index in [0.29, 0.717) is 24.7 Å². The molecule has 0 amide bonds. The second-order valence-electron chi connectivity index (χ2n) is 8.19. The Kier molecular flexibility index (Phi) is 7.34. The van der Waals surface area contributed by atoms with E-state index >= 15 is 0 Å². The van der Waals surface area contributed by atoms with E-state index in [1.54, 1.807) is 48.4 Å². The quantitative estimate of drug-likeness (QED) is 0.482. The summed E-state index contributed by atoms with van der Waals surface area (Å²) in [6.07, 6.45) is 9.73. The Bertz CT molecular complexity index is 1220. The second-order valence-corrected chi connectivity index (χ2v) is 10.1. The van der Waals surface area contributed by atoms with Gasteiger partial charge in [0.05, 0.1) is 18.2 Å². The van der Waals surface area contributed by atoms with Crippen molar-refractivity contribution < 1.29 is 8.42 Å². The monoisotopic (exact) mass is 481 g/mol. The Morgan fingerprint density at radius 1 is 1.18 bits per heavy atom. The van der Waals surface area contributed by atoms with Crippen LogP contribution in [0.4, 0.5) is 11.6 Å². The highest BCUT2D eigenvalue weighted by molar-refractivity contribution is 7.89. The molecule has 1 saturated heterocycles. The van der Waals surface area contributed by atoms with Gasteiger partial charge in [-0.3, -0.25) is 0 Å². The van der Waals surface area contributed by atoms with Crippen molar-refractivity contribution in [3.05, 3.63) is 55.0 Å². The first-order chi connectivity index (χ1) is 16.5. The average molecular weight is 482 g/mol. The molecule has 0 bridgehead atoms. The Morgan fingerprint density at radius 2 is 1.94 bits per heavy atom. The van der Waals surface area contributed by atoms with Gasteiger partial charge in [-0.1, -0.05) is 0 Å². The molecule has 0 aromatic carbocycles. The fourth-order valence-electron chi connectivity index (χ4n) is 3.91. The lowest BCUT2D eigenvalue weighted by atomic mass is 9.97. The van der Waals surface area contributed by atoms with Crippen LogP contribution in [0, 0.1) is 17.2 Å². The fourth-order valence-corrected chi connectivity index (χ4v) is 5.39. The fraction of sp³-hybridized carbons (Fsp3) is 0.409. The number of nitriles is 1. The van der Waals surface area contributed by atoms with Crippen LogP contribution in [-0.2, 0) is 17.1 Å². The molecule has 178 valence electrons. The molecule has 0 atom stereocenters. The van der Waals surface area contributed by atoms with Gasteiger partial charge in [0.1, 0.15) is 11.8 Å². The third kappa shape index (κ3) is 5.67. The predicted octanol–water partition coefficient (Wildman–Crippen LogP) is 1.50. The van der Waals surface area contributed by atoms with Crippen molar-refractivity contribution >= 4 is 21.7 Å². The van der Waals surface area contributed by atoms with E-state index in [2.05, 4.69) is 30.2 Å². The molecule has 0 saturated carbocycles. The van der Waals surface area contributed by atoms with Crippen molar-refractivity contribution in [2.24, 2.45) is 13.0 Å². The number of pyridine rings is 1. The number of aromatic nitrogens is 5. The van der Waals surface area contributed by atoms with Crippen LogP contribution in [0.3, 0.4) is 0 Å². The van der Waals surface area contributed by atoms with Gasteiger partial charge in [-0.25, -0.2) is 28.4 Å². The summed E-state index contributed by atoms with van der Waals surface area (Å²) < 4.78 is 29.9. The molecule has 0 aliphatic carbocycles. The maximum absolute atomic E-state index is 13.4. The zero-order chi connectivity index (χ0) is 24.0. The van der Waals surface area contributed by atoms with Gasteiger partial charge >= 0.3 is 0 Å². The molecule has 3 aromatic rings. The van der Waals surface area contributed by atoms with Crippen LogP contribution in [0.1, 0.15) is 18.5 Å². The number of imidazole rings is 1. The standard InChI is InChI=1S/C22H27N9O2S/c1-29-16-21(28-17-29)34(32,33)31(12-9-24-20-4-3-19(13-23)27-14-20)15-18-5-10-30(11-6-18)22-25-7-2-8-26-22/h2-4,7-8,14,16-18,24H,5-6,9-12,15H2,1H3. The first kappa shape index (κ1) is 23.6. The molecular weight excluding hydrogens is 454 g/mol. The summed E-state index contributed by atoms with van der Waals surface area (Å²) in [5, 5.41) is 12.1. The van der Waals surface area contributed by atoms with Gasteiger partial charge in [0.15, 0.2) is 5.03 Å². The molecule has 0 spiro atoms. The molecule has 1 N–H and O–H groups in total. The van der Waals surface area contributed by atoms with Gasteiger partial charge in [-0.15, -0.1) is 0 Å². The molecule has 12 heteroatoms. The van der Waals surface area contributed by atoms with E-state index in [1.165, 1.54) is 16.8 Å². The first-order valence-electron chi connectivity index (χ1n) is 11.1. The third-order valence-corrected chi connectivity index (χ3v) is 7.52. The Balaban J connectivity index is 1.41. The van der Waals surface area contributed by atoms with Crippen LogP contribution in [0.15, 0.2) is 54.3 Å². The molecular formula is C22H27N9O2S. The minimum absolute atomic E-state index is 0.0464. The zero-order valence-corrected chi connectivity index (χ0v) is 19.8. The van der Waals surface area contributed by atoms with E-state index < -0.39 is 10.0 Å². The lowest BCUT2D eigenvalue weighted by Gasteiger charge is -2.34. The van der Waals surface area contributed by atoms with Crippen LogP contribution in [0.2, 0.25) is 0 Å². The minimum Gasteiger partial charge on any atom is -0.382 e. The van der Waals surface area contributed by atoms with Gasteiger partial charge in [0.2, 0.25) is 5.95 Å². The van der Waals surface area contributed by atoms with Crippen molar-refractivity contribution in [2.45, 2.75) is 17.9 Å². The second kappa shape index (κ2) is 10.6. The average Bonchev–Trinajstić information content (AvgIpc) is 3.32. The maximum atomic E-state index is 13.4. The molecule has 0 radical (unpaired) electrons. The highest BCUT2D eigenvalue weighted by Crippen LogP contribution is 2.24. The molecule has 4 rings (SSSR count). The Labute approximate surface area is 199 Å². The first-order valence-corrected chi connectivity index (χ1v) is 12.5. The van der Waals surface area contributed by atoms with Crippen molar-refractivity contribution in [1.82, 2.24) is 28.8 Å². The number of sulfonamides is 1. The third-order valence-electron chi connectivity index (χ3n) is 5.77. The number of rotatable bonds is 9. The van der Waals surface area contributed by atoms with Gasteiger partial charge in [-0.2, -0.15) is 9.57 Å².